The van der Waals surface area contributed by atoms with Crippen molar-refractivity contribution >= 4 is 11.3 Å². The van der Waals surface area contributed by atoms with E-state index in [0.717, 1.165) is 0 Å². The highest BCUT2D eigenvalue weighted by Crippen LogP contribution is 2.29. The fourth-order valence-corrected chi connectivity index (χ4v) is 2.72. The van der Waals surface area contributed by atoms with Gasteiger partial charge in [0.15, 0.2) is 0 Å². The zero-order valence-electron chi connectivity index (χ0n) is 6.47. The van der Waals surface area contributed by atoms with E-state index in [1.54, 1.807) is 11.3 Å². The Kier molecular flexibility index (Phi) is 1.96. The van der Waals surface area contributed by atoms with Crippen LogP contribution in [-0.2, 0) is 19.4 Å². The van der Waals surface area contributed by atoms with Crippen LogP contribution < -0.4 is 0 Å². The smallest absolute Gasteiger partial charge is 0.0777 e. The first kappa shape index (κ1) is 7.32. The Morgan fingerprint density at radius 1 is 1.36 bits per heavy atom. The van der Waals surface area contributed by atoms with Crippen LogP contribution in [0.15, 0.2) is 5.38 Å². The third-order valence-corrected chi connectivity index (χ3v) is 3.40. The zero-order valence-corrected chi connectivity index (χ0v) is 7.28. The van der Waals surface area contributed by atoms with Gasteiger partial charge in [-0.3, -0.25) is 0 Å². The Bertz CT molecular complexity index is 239. The molecule has 11 heavy (non-hydrogen) atoms. The summed E-state index contributed by atoms with van der Waals surface area (Å²) in [6.45, 7) is 0.236. The number of hydrogen-bond acceptors (Lipinski definition) is 2. The first-order valence-corrected chi connectivity index (χ1v) is 4.99. The molecule has 0 saturated carbocycles. The molecule has 60 valence electrons. The molecular formula is C9H12OS. The van der Waals surface area contributed by atoms with Crippen molar-refractivity contribution in [3.05, 3.63) is 21.4 Å². The van der Waals surface area contributed by atoms with Crippen LogP contribution >= 0.6 is 11.3 Å². The van der Waals surface area contributed by atoms with Crippen LogP contribution in [0.2, 0.25) is 0 Å². The van der Waals surface area contributed by atoms with Crippen molar-refractivity contribution in [1.29, 1.82) is 0 Å². The van der Waals surface area contributed by atoms with E-state index in [0.29, 0.717) is 0 Å². The molecule has 1 nitrogen and oxygen atoms in total. The van der Waals surface area contributed by atoms with Crippen molar-refractivity contribution < 1.29 is 5.11 Å². The second-order valence-corrected chi connectivity index (χ2v) is 3.99. The van der Waals surface area contributed by atoms with E-state index in [1.807, 2.05) is 0 Å². The van der Waals surface area contributed by atoms with Crippen LogP contribution in [0.4, 0.5) is 0 Å². The fourth-order valence-electron chi connectivity index (χ4n) is 1.72. The van der Waals surface area contributed by atoms with E-state index in [9.17, 15) is 0 Å². The molecule has 0 radical (unpaired) electrons. The van der Waals surface area contributed by atoms with E-state index in [-0.39, 0.29) is 6.61 Å². The Morgan fingerprint density at radius 3 is 3.00 bits per heavy atom. The van der Waals surface area contributed by atoms with Gasteiger partial charge in [0, 0.05) is 4.88 Å². The molecular weight excluding hydrogens is 156 g/mol. The van der Waals surface area contributed by atoms with E-state index < -0.39 is 0 Å². The average molecular weight is 168 g/mol. The molecule has 0 bridgehead atoms. The van der Waals surface area contributed by atoms with Gasteiger partial charge in [0.1, 0.15) is 0 Å². The summed E-state index contributed by atoms with van der Waals surface area (Å²) in [6.07, 6.45) is 5.05. The van der Waals surface area contributed by atoms with Crippen molar-refractivity contribution in [2.45, 2.75) is 32.3 Å². The van der Waals surface area contributed by atoms with Gasteiger partial charge in [-0.05, 0) is 42.2 Å². The lowest BCUT2D eigenvalue weighted by Gasteiger charge is -2.11. The minimum atomic E-state index is 0.236. The molecule has 0 spiro atoms. The van der Waals surface area contributed by atoms with Gasteiger partial charge in [-0.25, -0.2) is 0 Å². The first-order valence-electron chi connectivity index (χ1n) is 4.11. The second kappa shape index (κ2) is 2.95. The standard InChI is InChI=1S/C9H12OS/c10-5-9-8-4-2-1-3-7(8)6-11-9/h6,10H,1-5H2. The average Bonchev–Trinajstić information content (AvgIpc) is 2.47. The molecule has 1 aliphatic rings. The van der Waals surface area contributed by atoms with E-state index >= 15 is 0 Å². The fraction of sp³-hybridized carbons (Fsp3) is 0.556. The van der Waals surface area contributed by atoms with Gasteiger partial charge in [-0.2, -0.15) is 0 Å². The molecule has 1 aromatic rings. The van der Waals surface area contributed by atoms with Gasteiger partial charge in [0.05, 0.1) is 6.61 Å². The van der Waals surface area contributed by atoms with Crippen molar-refractivity contribution in [3.63, 3.8) is 0 Å². The third-order valence-electron chi connectivity index (χ3n) is 2.33. The van der Waals surface area contributed by atoms with Gasteiger partial charge in [-0.15, -0.1) is 11.3 Å². The highest BCUT2D eigenvalue weighted by molar-refractivity contribution is 7.10. The maximum absolute atomic E-state index is 8.99. The highest BCUT2D eigenvalue weighted by Gasteiger charge is 2.13. The first-order chi connectivity index (χ1) is 5.42. The van der Waals surface area contributed by atoms with Gasteiger partial charge in [0.2, 0.25) is 0 Å². The molecule has 0 fully saturated rings. The van der Waals surface area contributed by atoms with Gasteiger partial charge < -0.3 is 5.11 Å². The molecule has 0 atom stereocenters. The minimum Gasteiger partial charge on any atom is -0.391 e. The summed E-state index contributed by atoms with van der Waals surface area (Å²) in [5.74, 6) is 0. The van der Waals surface area contributed by atoms with Gasteiger partial charge in [0.25, 0.3) is 0 Å². The van der Waals surface area contributed by atoms with Gasteiger partial charge in [-0.1, -0.05) is 0 Å². The van der Waals surface area contributed by atoms with E-state index in [1.165, 1.54) is 41.7 Å². The topological polar surface area (TPSA) is 20.2 Å². The monoisotopic (exact) mass is 168 g/mol. The van der Waals surface area contributed by atoms with Crippen LogP contribution in [0.5, 0.6) is 0 Å². The lowest BCUT2D eigenvalue weighted by atomic mass is 9.94. The zero-order chi connectivity index (χ0) is 7.68. The predicted molar refractivity (Wildman–Crippen MR) is 46.9 cm³/mol. The van der Waals surface area contributed by atoms with Crippen LogP contribution in [0, 0.1) is 0 Å². The van der Waals surface area contributed by atoms with E-state index in [2.05, 4.69) is 5.38 Å². The van der Waals surface area contributed by atoms with Crippen molar-refractivity contribution in [1.82, 2.24) is 0 Å². The van der Waals surface area contributed by atoms with Crippen molar-refractivity contribution in [2.75, 3.05) is 0 Å². The summed E-state index contributed by atoms with van der Waals surface area (Å²) in [5, 5.41) is 11.2. The Balaban J connectivity index is 2.38. The Labute approximate surface area is 70.7 Å². The van der Waals surface area contributed by atoms with Crippen LogP contribution in [0.1, 0.15) is 28.8 Å². The number of aryl methyl sites for hydroxylation is 1. The number of thiophene rings is 1. The van der Waals surface area contributed by atoms with E-state index in [4.69, 9.17) is 5.11 Å². The maximum atomic E-state index is 8.99. The van der Waals surface area contributed by atoms with Crippen molar-refractivity contribution in [2.24, 2.45) is 0 Å². The molecule has 0 saturated heterocycles. The second-order valence-electron chi connectivity index (χ2n) is 3.03. The van der Waals surface area contributed by atoms with Crippen LogP contribution in [0.25, 0.3) is 0 Å². The Hall–Kier alpha value is -0.340. The number of hydrogen-bond donors (Lipinski definition) is 1. The summed E-state index contributed by atoms with van der Waals surface area (Å²) >= 11 is 1.72. The van der Waals surface area contributed by atoms with Gasteiger partial charge >= 0.3 is 0 Å². The highest BCUT2D eigenvalue weighted by atomic mass is 32.1. The molecule has 1 heterocycles. The molecule has 2 heteroatoms. The quantitative estimate of drug-likeness (QED) is 0.681. The normalized spacial score (nSPS) is 16.5. The SMILES string of the molecule is OCc1scc2c1CCCC2. The molecule has 0 aliphatic heterocycles. The largest absolute Gasteiger partial charge is 0.391 e. The number of aliphatic hydroxyl groups is 1. The molecule has 1 N–H and O–H groups in total. The molecule has 2 rings (SSSR count). The summed E-state index contributed by atoms with van der Waals surface area (Å²) in [6, 6.07) is 0. The summed E-state index contributed by atoms with van der Waals surface area (Å²) < 4.78 is 0. The summed E-state index contributed by atoms with van der Waals surface area (Å²) in [7, 11) is 0. The number of aliphatic hydroxyl groups excluding tert-OH is 1. The molecule has 1 aliphatic carbocycles. The predicted octanol–water partition coefficient (Wildman–Crippen LogP) is 2.12. The minimum absolute atomic E-state index is 0.236. The van der Waals surface area contributed by atoms with Crippen LogP contribution in [0.3, 0.4) is 0 Å². The Morgan fingerprint density at radius 2 is 2.18 bits per heavy atom. The number of fused-ring (bicyclic) bond motifs is 1. The lowest BCUT2D eigenvalue weighted by Crippen LogP contribution is -2.01. The molecule has 0 aromatic carbocycles. The van der Waals surface area contributed by atoms with Crippen LogP contribution in [-0.4, -0.2) is 5.11 Å². The van der Waals surface area contributed by atoms with Crippen molar-refractivity contribution in [3.8, 4) is 0 Å². The molecule has 0 unspecified atom stereocenters. The molecule has 1 aromatic heterocycles. The summed E-state index contributed by atoms with van der Waals surface area (Å²) in [5.41, 5.74) is 2.94. The third kappa shape index (κ3) is 1.21. The lowest BCUT2D eigenvalue weighted by molar-refractivity contribution is 0.284. The number of rotatable bonds is 1. The maximum Gasteiger partial charge on any atom is 0.0777 e. The summed E-state index contributed by atoms with van der Waals surface area (Å²) in [4.78, 5) is 1.19. The molecule has 0 amide bonds.